The molecule has 0 aliphatic heterocycles. The van der Waals surface area contributed by atoms with E-state index in [4.69, 9.17) is 4.74 Å². The highest BCUT2D eigenvalue weighted by Gasteiger charge is 2.17. The molecule has 0 radical (unpaired) electrons. The maximum Gasteiger partial charge on any atom is 0.126 e. The van der Waals surface area contributed by atoms with Crippen molar-refractivity contribution in [3.8, 4) is 22.7 Å². The maximum atomic E-state index is 13.5. The molecule has 0 atom stereocenters. The molecule has 3 aromatic rings. The summed E-state index contributed by atoms with van der Waals surface area (Å²) in [5.74, 6) is -0.843. The summed E-state index contributed by atoms with van der Waals surface area (Å²) >= 11 is 0. The van der Waals surface area contributed by atoms with Gasteiger partial charge >= 0.3 is 0 Å². The van der Waals surface area contributed by atoms with Gasteiger partial charge in [-0.1, -0.05) is 11.3 Å². The molecule has 1 heterocycles. The van der Waals surface area contributed by atoms with E-state index in [2.05, 4.69) is 10.3 Å². The first-order valence-electron chi connectivity index (χ1n) is 6.78. The van der Waals surface area contributed by atoms with Gasteiger partial charge in [0.05, 0.1) is 19.4 Å². The fourth-order valence-electron chi connectivity index (χ4n) is 2.32. The first kappa shape index (κ1) is 15.1. The van der Waals surface area contributed by atoms with Gasteiger partial charge in [0.1, 0.15) is 28.8 Å². The molecule has 0 unspecified atom stereocenters. The lowest BCUT2D eigenvalue weighted by Crippen LogP contribution is -2.01. The van der Waals surface area contributed by atoms with Crippen LogP contribution in [0.25, 0.3) is 16.9 Å². The van der Waals surface area contributed by atoms with Crippen LogP contribution >= 0.6 is 0 Å². The summed E-state index contributed by atoms with van der Waals surface area (Å²) in [6.07, 6.45) is 0. The van der Waals surface area contributed by atoms with Crippen LogP contribution < -0.4 is 4.74 Å². The quantitative estimate of drug-likeness (QED) is 0.804. The molecule has 1 N–H and O–H groups in total. The Balaban J connectivity index is 2.21. The lowest BCUT2D eigenvalue weighted by Gasteiger charge is -2.09. The Morgan fingerprint density at radius 2 is 1.87 bits per heavy atom. The molecule has 3 rings (SSSR count). The Morgan fingerprint density at radius 3 is 2.52 bits per heavy atom. The van der Waals surface area contributed by atoms with Gasteiger partial charge in [0.2, 0.25) is 0 Å². The molecule has 0 fully saturated rings. The molecule has 0 saturated carbocycles. The van der Waals surface area contributed by atoms with Crippen LogP contribution in [0.3, 0.4) is 0 Å². The van der Waals surface area contributed by atoms with Gasteiger partial charge in [0.15, 0.2) is 0 Å². The van der Waals surface area contributed by atoms with Crippen molar-refractivity contribution in [2.75, 3.05) is 7.11 Å². The molecule has 0 saturated heterocycles. The zero-order valence-corrected chi connectivity index (χ0v) is 12.2. The summed E-state index contributed by atoms with van der Waals surface area (Å²) in [5.41, 5.74) is 1.37. The minimum absolute atomic E-state index is 0.220. The topological polar surface area (TPSA) is 60.2 Å². The third-order valence-corrected chi connectivity index (χ3v) is 3.32. The molecular formula is C16H13F2N3O2. The molecule has 0 bridgehead atoms. The fourth-order valence-corrected chi connectivity index (χ4v) is 2.32. The van der Waals surface area contributed by atoms with E-state index in [1.165, 1.54) is 11.8 Å². The molecule has 2 aromatic carbocycles. The van der Waals surface area contributed by atoms with Gasteiger partial charge in [-0.3, -0.25) is 0 Å². The molecule has 0 aliphatic carbocycles. The van der Waals surface area contributed by atoms with Crippen LogP contribution in [-0.4, -0.2) is 27.2 Å². The number of aliphatic hydroxyl groups is 1. The number of hydrogen-bond acceptors (Lipinski definition) is 4. The summed E-state index contributed by atoms with van der Waals surface area (Å²) < 4.78 is 33.6. The van der Waals surface area contributed by atoms with Crippen molar-refractivity contribution >= 4 is 0 Å². The van der Waals surface area contributed by atoms with Crippen molar-refractivity contribution in [3.05, 3.63) is 59.8 Å². The zero-order valence-electron chi connectivity index (χ0n) is 12.2. The lowest BCUT2D eigenvalue weighted by molar-refractivity contribution is 0.277. The van der Waals surface area contributed by atoms with E-state index in [0.717, 1.165) is 18.2 Å². The molecular weight excluding hydrogens is 304 g/mol. The Bertz CT molecular complexity index is 829. The van der Waals surface area contributed by atoms with Crippen molar-refractivity contribution in [1.29, 1.82) is 0 Å². The summed E-state index contributed by atoms with van der Waals surface area (Å²) in [6, 6.07) is 10.1. The Hall–Kier alpha value is -2.80. The van der Waals surface area contributed by atoms with E-state index in [9.17, 15) is 13.9 Å². The summed E-state index contributed by atoms with van der Waals surface area (Å²) in [5, 5.41) is 17.3. The van der Waals surface area contributed by atoms with Crippen molar-refractivity contribution in [3.63, 3.8) is 0 Å². The van der Waals surface area contributed by atoms with Gasteiger partial charge in [-0.25, -0.2) is 13.5 Å². The minimum atomic E-state index is -0.720. The van der Waals surface area contributed by atoms with Crippen LogP contribution in [0.4, 0.5) is 8.78 Å². The van der Waals surface area contributed by atoms with E-state index in [1.807, 2.05) is 0 Å². The second kappa shape index (κ2) is 6.13. The third-order valence-electron chi connectivity index (χ3n) is 3.32. The fraction of sp³-hybridized carbons (Fsp3) is 0.125. The predicted molar refractivity (Wildman–Crippen MR) is 79.2 cm³/mol. The number of ether oxygens (including phenoxy) is 1. The molecule has 5 nitrogen and oxygen atoms in total. The summed E-state index contributed by atoms with van der Waals surface area (Å²) in [4.78, 5) is 0. The average molecular weight is 317 g/mol. The monoisotopic (exact) mass is 317 g/mol. The highest BCUT2D eigenvalue weighted by molar-refractivity contribution is 5.64. The number of methoxy groups -OCH3 is 1. The van der Waals surface area contributed by atoms with E-state index < -0.39 is 18.2 Å². The largest absolute Gasteiger partial charge is 0.497 e. The number of hydrogen-bond donors (Lipinski definition) is 1. The second-order valence-electron chi connectivity index (χ2n) is 4.81. The Labute approximate surface area is 130 Å². The van der Waals surface area contributed by atoms with Crippen molar-refractivity contribution in [1.82, 2.24) is 15.0 Å². The number of halogens is 2. The zero-order chi connectivity index (χ0) is 16.4. The highest BCUT2D eigenvalue weighted by Crippen LogP contribution is 2.28. The summed E-state index contributed by atoms with van der Waals surface area (Å²) in [7, 11) is 1.53. The van der Waals surface area contributed by atoms with E-state index in [-0.39, 0.29) is 11.3 Å². The van der Waals surface area contributed by atoms with Crippen LogP contribution in [0.5, 0.6) is 5.75 Å². The highest BCUT2D eigenvalue weighted by atomic mass is 19.1. The van der Waals surface area contributed by atoms with Crippen LogP contribution in [-0.2, 0) is 6.61 Å². The van der Waals surface area contributed by atoms with E-state index in [1.54, 1.807) is 24.3 Å². The molecule has 0 aliphatic rings. The molecule has 118 valence electrons. The van der Waals surface area contributed by atoms with Crippen molar-refractivity contribution < 1.29 is 18.6 Å². The van der Waals surface area contributed by atoms with Crippen molar-refractivity contribution in [2.45, 2.75) is 6.61 Å². The van der Waals surface area contributed by atoms with E-state index in [0.29, 0.717) is 17.1 Å². The van der Waals surface area contributed by atoms with Gasteiger partial charge in [-0.05, 0) is 24.3 Å². The Kier molecular flexibility index (Phi) is 4.03. The SMILES string of the molecule is COc1cccc(-n2nnc(CO)c2-c2cc(F)cc(F)c2)c1. The first-order valence-corrected chi connectivity index (χ1v) is 6.78. The molecule has 0 spiro atoms. The summed E-state index contributed by atoms with van der Waals surface area (Å²) in [6.45, 7) is -0.405. The number of rotatable bonds is 4. The van der Waals surface area contributed by atoms with Crippen LogP contribution in [0.1, 0.15) is 5.69 Å². The number of aliphatic hydroxyl groups excluding tert-OH is 1. The number of benzene rings is 2. The molecule has 0 amide bonds. The van der Waals surface area contributed by atoms with Crippen LogP contribution in [0.15, 0.2) is 42.5 Å². The smallest absolute Gasteiger partial charge is 0.126 e. The van der Waals surface area contributed by atoms with Gasteiger partial charge in [0, 0.05) is 17.7 Å². The standard InChI is InChI=1S/C16H13F2N3O2/c1-23-14-4-2-3-13(8-14)21-16(15(9-22)19-20-21)10-5-11(17)7-12(18)6-10/h2-8,22H,9H2,1H3. The average Bonchev–Trinajstić information content (AvgIpc) is 2.98. The predicted octanol–water partition coefficient (Wildman–Crippen LogP) is 2.71. The van der Waals surface area contributed by atoms with Crippen molar-refractivity contribution in [2.24, 2.45) is 0 Å². The Morgan fingerprint density at radius 1 is 1.13 bits per heavy atom. The van der Waals surface area contributed by atoms with Gasteiger partial charge in [0.25, 0.3) is 0 Å². The maximum absolute atomic E-state index is 13.5. The normalized spacial score (nSPS) is 10.8. The van der Waals surface area contributed by atoms with Crippen LogP contribution in [0, 0.1) is 11.6 Å². The van der Waals surface area contributed by atoms with E-state index >= 15 is 0 Å². The third kappa shape index (κ3) is 2.91. The van der Waals surface area contributed by atoms with Gasteiger partial charge < -0.3 is 9.84 Å². The number of nitrogens with zero attached hydrogens (tertiary/aromatic N) is 3. The van der Waals surface area contributed by atoms with Crippen LogP contribution in [0.2, 0.25) is 0 Å². The van der Waals surface area contributed by atoms with Gasteiger partial charge in [-0.2, -0.15) is 0 Å². The molecule has 1 aromatic heterocycles. The minimum Gasteiger partial charge on any atom is -0.497 e. The molecule has 23 heavy (non-hydrogen) atoms. The second-order valence-corrected chi connectivity index (χ2v) is 4.81. The lowest BCUT2D eigenvalue weighted by atomic mass is 10.1. The number of aromatic nitrogens is 3. The van der Waals surface area contributed by atoms with Gasteiger partial charge in [-0.15, -0.1) is 5.10 Å². The molecule has 7 heteroatoms. The first-order chi connectivity index (χ1) is 11.1.